The predicted molar refractivity (Wildman–Crippen MR) is 93.1 cm³/mol. The van der Waals surface area contributed by atoms with Crippen LogP contribution in [0.4, 0.5) is 0 Å². The molecule has 1 aliphatic heterocycles. The molecule has 3 aliphatic rings. The fourth-order valence-corrected chi connectivity index (χ4v) is 5.49. The first kappa shape index (κ1) is 15.3. The zero-order valence-corrected chi connectivity index (χ0v) is 14.8. The van der Waals surface area contributed by atoms with Gasteiger partial charge in [-0.3, -0.25) is 4.79 Å². The Kier molecular flexibility index (Phi) is 3.54. The summed E-state index contributed by atoms with van der Waals surface area (Å²) in [6.07, 6.45) is 10.8. The molecule has 1 amide bonds. The number of rotatable bonds is 3. The summed E-state index contributed by atoms with van der Waals surface area (Å²) in [4.78, 5) is 23.7. The highest BCUT2D eigenvalue weighted by molar-refractivity contribution is 5.91. The minimum Gasteiger partial charge on any atom is -0.333 e. The quantitative estimate of drug-likeness (QED) is 0.862. The van der Waals surface area contributed by atoms with E-state index in [9.17, 15) is 4.79 Å². The third-order valence-corrected chi connectivity index (χ3v) is 6.72. The fraction of sp³-hybridized carbons (Fsp3) is 0.684. The SMILES string of the molecule is Cc1ccnc2nc(C(=O)N3CCC[C@H]3C[C@H]3C[C@H]4CC[C@H]3C4)nn12. The van der Waals surface area contributed by atoms with Crippen LogP contribution in [0.3, 0.4) is 0 Å². The van der Waals surface area contributed by atoms with Gasteiger partial charge in [-0.2, -0.15) is 4.98 Å². The number of hydrogen-bond donors (Lipinski definition) is 0. The van der Waals surface area contributed by atoms with Crippen molar-refractivity contribution in [2.75, 3.05) is 6.54 Å². The summed E-state index contributed by atoms with van der Waals surface area (Å²) < 4.78 is 1.66. The van der Waals surface area contributed by atoms with Crippen LogP contribution in [-0.2, 0) is 0 Å². The van der Waals surface area contributed by atoms with Gasteiger partial charge in [-0.25, -0.2) is 9.50 Å². The molecule has 0 spiro atoms. The molecule has 1 saturated heterocycles. The van der Waals surface area contributed by atoms with Gasteiger partial charge in [0.2, 0.25) is 5.82 Å². The molecular formula is C19H25N5O. The standard InChI is InChI=1S/C19H25N5O/c1-12-6-7-20-19-21-17(22-24(12)19)18(25)23-8-2-3-16(23)11-15-10-13-4-5-14(15)9-13/h6-7,13-16H,2-5,8-11H2,1H3/t13-,14-,15+,16-/m0/s1. The molecule has 25 heavy (non-hydrogen) atoms. The fourth-order valence-electron chi connectivity index (χ4n) is 5.49. The van der Waals surface area contributed by atoms with Gasteiger partial charge < -0.3 is 4.90 Å². The number of carbonyl (C=O) groups excluding carboxylic acids is 1. The highest BCUT2D eigenvalue weighted by Gasteiger charge is 2.42. The number of nitrogens with zero attached hydrogens (tertiary/aromatic N) is 5. The third-order valence-electron chi connectivity index (χ3n) is 6.72. The Bertz CT molecular complexity index is 815. The van der Waals surface area contributed by atoms with Crippen molar-refractivity contribution < 1.29 is 4.79 Å². The third kappa shape index (κ3) is 2.53. The van der Waals surface area contributed by atoms with E-state index in [1.165, 1.54) is 32.1 Å². The lowest BCUT2D eigenvalue weighted by Crippen LogP contribution is -2.38. The first-order chi connectivity index (χ1) is 12.2. The molecule has 0 radical (unpaired) electrons. The van der Waals surface area contributed by atoms with E-state index in [-0.39, 0.29) is 5.91 Å². The molecule has 0 aromatic carbocycles. The lowest BCUT2D eigenvalue weighted by atomic mass is 9.83. The van der Waals surface area contributed by atoms with Gasteiger partial charge in [0.1, 0.15) is 0 Å². The molecule has 4 atom stereocenters. The summed E-state index contributed by atoms with van der Waals surface area (Å²) in [7, 11) is 0. The maximum atomic E-state index is 13.0. The van der Waals surface area contributed by atoms with Gasteiger partial charge in [-0.05, 0) is 69.3 Å². The van der Waals surface area contributed by atoms with Gasteiger partial charge in [0.15, 0.2) is 0 Å². The Balaban J connectivity index is 1.35. The minimum atomic E-state index is -0.0180. The zero-order chi connectivity index (χ0) is 17.0. The molecule has 3 heterocycles. The van der Waals surface area contributed by atoms with Gasteiger partial charge in [0.25, 0.3) is 11.7 Å². The molecule has 2 aromatic heterocycles. The lowest BCUT2D eigenvalue weighted by Gasteiger charge is -2.29. The van der Waals surface area contributed by atoms with Crippen LogP contribution in [0.5, 0.6) is 0 Å². The molecule has 132 valence electrons. The van der Waals surface area contributed by atoms with Crippen molar-refractivity contribution in [1.29, 1.82) is 0 Å². The molecule has 3 fully saturated rings. The van der Waals surface area contributed by atoms with E-state index in [2.05, 4.69) is 15.1 Å². The van der Waals surface area contributed by atoms with Crippen LogP contribution in [0.2, 0.25) is 0 Å². The number of likely N-dealkylation sites (tertiary alicyclic amines) is 1. The summed E-state index contributed by atoms with van der Waals surface area (Å²) in [5, 5.41) is 4.41. The van der Waals surface area contributed by atoms with Crippen LogP contribution in [0.15, 0.2) is 12.3 Å². The molecule has 2 bridgehead atoms. The Labute approximate surface area is 147 Å². The van der Waals surface area contributed by atoms with Crippen molar-refractivity contribution in [3.8, 4) is 0 Å². The van der Waals surface area contributed by atoms with E-state index >= 15 is 0 Å². The zero-order valence-electron chi connectivity index (χ0n) is 14.8. The number of amides is 1. The van der Waals surface area contributed by atoms with Crippen LogP contribution in [0.1, 0.15) is 61.3 Å². The maximum absolute atomic E-state index is 13.0. The highest BCUT2D eigenvalue weighted by atomic mass is 16.2. The number of hydrogen-bond acceptors (Lipinski definition) is 4. The summed E-state index contributed by atoms with van der Waals surface area (Å²) in [5.41, 5.74) is 0.941. The Hall–Kier alpha value is -1.98. The predicted octanol–water partition coefficient (Wildman–Crippen LogP) is 2.86. The number of aryl methyl sites for hydroxylation is 1. The summed E-state index contributed by atoms with van der Waals surface area (Å²) in [5.74, 6) is 3.50. The number of fused-ring (bicyclic) bond motifs is 3. The summed E-state index contributed by atoms with van der Waals surface area (Å²) in [6, 6.07) is 2.25. The Morgan fingerprint density at radius 2 is 2.20 bits per heavy atom. The molecule has 0 unspecified atom stereocenters. The van der Waals surface area contributed by atoms with Crippen molar-refractivity contribution in [1.82, 2.24) is 24.5 Å². The van der Waals surface area contributed by atoms with Gasteiger partial charge >= 0.3 is 0 Å². The average molecular weight is 339 g/mol. The molecule has 2 aromatic rings. The van der Waals surface area contributed by atoms with Gasteiger partial charge in [0.05, 0.1) is 0 Å². The number of aromatic nitrogens is 4. The molecule has 5 rings (SSSR count). The monoisotopic (exact) mass is 339 g/mol. The van der Waals surface area contributed by atoms with Crippen molar-refractivity contribution in [2.45, 2.75) is 57.9 Å². The second-order valence-electron chi connectivity index (χ2n) is 8.20. The normalized spacial score (nSPS) is 31.3. The van der Waals surface area contributed by atoms with E-state index in [4.69, 9.17) is 0 Å². The minimum absolute atomic E-state index is 0.0180. The van der Waals surface area contributed by atoms with E-state index in [1.807, 2.05) is 17.9 Å². The van der Waals surface area contributed by atoms with Crippen molar-refractivity contribution in [3.63, 3.8) is 0 Å². The van der Waals surface area contributed by atoms with Gasteiger partial charge in [-0.1, -0.05) is 6.42 Å². The van der Waals surface area contributed by atoms with Gasteiger partial charge in [-0.15, -0.1) is 5.10 Å². The average Bonchev–Trinajstić information content (AvgIpc) is 3.38. The highest BCUT2D eigenvalue weighted by Crippen LogP contribution is 2.50. The topological polar surface area (TPSA) is 63.4 Å². The van der Waals surface area contributed by atoms with E-state index < -0.39 is 0 Å². The van der Waals surface area contributed by atoms with Crippen molar-refractivity contribution in [2.24, 2.45) is 17.8 Å². The molecule has 2 aliphatic carbocycles. The van der Waals surface area contributed by atoms with Crippen LogP contribution in [0.25, 0.3) is 5.78 Å². The van der Waals surface area contributed by atoms with Crippen LogP contribution in [-0.4, -0.2) is 43.0 Å². The second kappa shape index (κ2) is 5.78. The van der Waals surface area contributed by atoms with Crippen LogP contribution in [0, 0.1) is 24.7 Å². The Morgan fingerprint density at radius 3 is 2.96 bits per heavy atom. The van der Waals surface area contributed by atoms with E-state index in [1.54, 1.807) is 10.7 Å². The van der Waals surface area contributed by atoms with Crippen molar-refractivity contribution >= 4 is 11.7 Å². The maximum Gasteiger partial charge on any atom is 0.293 e. The molecule has 0 N–H and O–H groups in total. The number of carbonyl (C=O) groups is 1. The lowest BCUT2D eigenvalue weighted by molar-refractivity contribution is 0.0695. The molecular weight excluding hydrogens is 314 g/mol. The van der Waals surface area contributed by atoms with Crippen LogP contribution < -0.4 is 0 Å². The van der Waals surface area contributed by atoms with Gasteiger partial charge in [0, 0.05) is 24.5 Å². The largest absolute Gasteiger partial charge is 0.333 e. The van der Waals surface area contributed by atoms with Crippen molar-refractivity contribution in [3.05, 3.63) is 23.8 Å². The van der Waals surface area contributed by atoms with E-state index in [0.717, 1.165) is 42.8 Å². The molecule has 6 nitrogen and oxygen atoms in total. The smallest absolute Gasteiger partial charge is 0.293 e. The first-order valence-electron chi connectivity index (χ1n) is 9.68. The first-order valence-corrected chi connectivity index (χ1v) is 9.68. The second-order valence-corrected chi connectivity index (χ2v) is 8.20. The molecule has 2 saturated carbocycles. The van der Waals surface area contributed by atoms with Crippen LogP contribution >= 0.6 is 0 Å². The summed E-state index contributed by atoms with van der Waals surface area (Å²) in [6.45, 7) is 2.79. The van der Waals surface area contributed by atoms with E-state index in [0.29, 0.717) is 17.6 Å². The Morgan fingerprint density at radius 1 is 1.28 bits per heavy atom. The molecule has 6 heteroatoms. The summed E-state index contributed by atoms with van der Waals surface area (Å²) >= 11 is 0.